The van der Waals surface area contributed by atoms with Gasteiger partial charge < -0.3 is 5.73 Å². The highest BCUT2D eigenvalue weighted by molar-refractivity contribution is 14.1. The number of alkyl halides is 2. The predicted octanol–water partition coefficient (Wildman–Crippen LogP) is 2.74. The van der Waals surface area contributed by atoms with Crippen molar-refractivity contribution in [1.29, 1.82) is 0 Å². The normalized spacial score (nSPS) is 10.9. The van der Waals surface area contributed by atoms with Crippen molar-refractivity contribution in [2.24, 2.45) is 5.73 Å². The van der Waals surface area contributed by atoms with Gasteiger partial charge in [0.2, 0.25) is 0 Å². The standard InChI is InChI=1S/C7H6ClF2IN2/c8-4-1-3(2-12)5(6(9)10)7(11)13-4/h1,6H,2,12H2. The molecule has 0 bridgehead atoms. The van der Waals surface area contributed by atoms with Crippen LogP contribution in [0.1, 0.15) is 17.6 Å². The molecule has 0 aliphatic heterocycles. The van der Waals surface area contributed by atoms with E-state index < -0.39 is 6.43 Å². The molecule has 0 fully saturated rings. The van der Waals surface area contributed by atoms with E-state index in [-0.39, 0.29) is 21.0 Å². The summed E-state index contributed by atoms with van der Waals surface area (Å²) >= 11 is 7.31. The van der Waals surface area contributed by atoms with Crippen molar-refractivity contribution in [1.82, 2.24) is 4.98 Å². The first-order valence-corrected chi connectivity index (χ1v) is 4.85. The van der Waals surface area contributed by atoms with Gasteiger partial charge in [-0.05, 0) is 34.2 Å². The monoisotopic (exact) mass is 318 g/mol. The molecular weight excluding hydrogens is 312 g/mol. The molecule has 0 spiro atoms. The van der Waals surface area contributed by atoms with Gasteiger partial charge in [-0.3, -0.25) is 0 Å². The fourth-order valence-corrected chi connectivity index (χ4v) is 2.14. The molecule has 13 heavy (non-hydrogen) atoms. The maximum absolute atomic E-state index is 12.5. The van der Waals surface area contributed by atoms with Crippen LogP contribution in [0.3, 0.4) is 0 Å². The van der Waals surface area contributed by atoms with E-state index in [0.29, 0.717) is 5.56 Å². The Labute approximate surface area is 92.6 Å². The molecule has 72 valence electrons. The molecule has 0 atom stereocenters. The van der Waals surface area contributed by atoms with Crippen LogP contribution in [0.2, 0.25) is 5.15 Å². The number of nitrogens with two attached hydrogens (primary N) is 1. The van der Waals surface area contributed by atoms with Crippen molar-refractivity contribution in [2.45, 2.75) is 13.0 Å². The summed E-state index contributed by atoms with van der Waals surface area (Å²) in [6, 6.07) is 1.37. The van der Waals surface area contributed by atoms with Crippen molar-refractivity contribution in [2.75, 3.05) is 0 Å². The van der Waals surface area contributed by atoms with Crippen molar-refractivity contribution in [3.05, 3.63) is 26.0 Å². The van der Waals surface area contributed by atoms with E-state index in [9.17, 15) is 8.78 Å². The number of hydrogen-bond donors (Lipinski definition) is 1. The topological polar surface area (TPSA) is 38.9 Å². The Kier molecular flexibility index (Phi) is 3.81. The molecule has 0 saturated heterocycles. The fraction of sp³-hybridized carbons (Fsp3) is 0.286. The number of aromatic nitrogens is 1. The summed E-state index contributed by atoms with van der Waals surface area (Å²) in [7, 11) is 0. The van der Waals surface area contributed by atoms with E-state index in [1.165, 1.54) is 6.07 Å². The first-order chi connectivity index (χ1) is 6.06. The van der Waals surface area contributed by atoms with Crippen molar-refractivity contribution >= 4 is 34.2 Å². The summed E-state index contributed by atoms with van der Waals surface area (Å²) in [5.41, 5.74) is 5.53. The summed E-state index contributed by atoms with van der Waals surface area (Å²) in [5.74, 6) is 0. The SMILES string of the molecule is NCc1cc(Cl)nc(I)c1C(F)F. The maximum Gasteiger partial charge on any atom is 0.266 e. The molecule has 0 aliphatic rings. The fourth-order valence-electron chi connectivity index (χ4n) is 0.939. The summed E-state index contributed by atoms with van der Waals surface area (Å²) in [6.45, 7) is 0.0396. The molecule has 1 rings (SSSR count). The molecule has 0 amide bonds. The zero-order chi connectivity index (χ0) is 10.0. The van der Waals surface area contributed by atoms with E-state index in [4.69, 9.17) is 17.3 Å². The molecule has 6 heteroatoms. The van der Waals surface area contributed by atoms with Crippen LogP contribution in [0, 0.1) is 3.70 Å². The van der Waals surface area contributed by atoms with Crippen molar-refractivity contribution in [3.8, 4) is 0 Å². The molecule has 2 N–H and O–H groups in total. The maximum atomic E-state index is 12.5. The van der Waals surface area contributed by atoms with E-state index in [1.807, 2.05) is 0 Å². The minimum atomic E-state index is -2.56. The van der Waals surface area contributed by atoms with Gasteiger partial charge in [0.05, 0.1) is 5.56 Å². The van der Waals surface area contributed by atoms with Gasteiger partial charge in [-0.2, -0.15) is 0 Å². The Hall–Kier alpha value is -0.0100. The number of pyridine rings is 1. The zero-order valence-corrected chi connectivity index (χ0v) is 9.31. The second-order valence-corrected chi connectivity index (χ2v) is 3.72. The molecule has 0 radical (unpaired) electrons. The first kappa shape index (κ1) is 11.1. The molecular formula is C7H6ClF2IN2. The number of rotatable bonds is 2. The van der Waals surface area contributed by atoms with Gasteiger partial charge in [0.15, 0.2) is 0 Å². The largest absolute Gasteiger partial charge is 0.326 e. The lowest BCUT2D eigenvalue weighted by molar-refractivity contribution is 0.148. The van der Waals surface area contributed by atoms with E-state index in [0.717, 1.165) is 0 Å². The summed E-state index contributed by atoms with van der Waals surface area (Å²) < 4.78 is 25.1. The van der Waals surface area contributed by atoms with Crippen LogP contribution in [0.5, 0.6) is 0 Å². The van der Waals surface area contributed by atoms with Gasteiger partial charge in [0.1, 0.15) is 8.85 Å². The average molecular weight is 318 g/mol. The third-order valence-corrected chi connectivity index (χ3v) is 2.52. The van der Waals surface area contributed by atoms with Gasteiger partial charge in [-0.15, -0.1) is 0 Å². The van der Waals surface area contributed by atoms with Crippen LogP contribution in [0.15, 0.2) is 6.07 Å². The van der Waals surface area contributed by atoms with E-state index in [1.54, 1.807) is 22.6 Å². The Balaban J connectivity index is 3.30. The Morgan fingerprint density at radius 2 is 2.23 bits per heavy atom. The zero-order valence-electron chi connectivity index (χ0n) is 6.40. The Morgan fingerprint density at radius 1 is 1.62 bits per heavy atom. The number of hydrogen-bond acceptors (Lipinski definition) is 2. The second kappa shape index (κ2) is 4.47. The lowest BCUT2D eigenvalue weighted by Gasteiger charge is -2.08. The number of nitrogens with zero attached hydrogens (tertiary/aromatic N) is 1. The summed E-state index contributed by atoms with van der Waals surface area (Å²) in [5, 5.41) is 0.189. The van der Waals surface area contributed by atoms with Crippen LogP contribution in [-0.4, -0.2) is 4.98 Å². The van der Waals surface area contributed by atoms with Gasteiger partial charge in [-0.1, -0.05) is 11.6 Å². The molecule has 1 aromatic heterocycles. The lowest BCUT2D eigenvalue weighted by atomic mass is 10.1. The molecule has 0 aromatic carbocycles. The third kappa shape index (κ3) is 2.47. The van der Waals surface area contributed by atoms with E-state index in [2.05, 4.69) is 4.98 Å². The van der Waals surface area contributed by atoms with Crippen molar-refractivity contribution in [3.63, 3.8) is 0 Å². The summed E-state index contributed by atoms with van der Waals surface area (Å²) in [6.07, 6.45) is -2.56. The minimum absolute atomic E-state index is 0.0396. The van der Waals surface area contributed by atoms with Gasteiger partial charge in [0, 0.05) is 6.54 Å². The molecule has 2 nitrogen and oxygen atoms in total. The Morgan fingerprint density at radius 3 is 2.69 bits per heavy atom. The summed E-state index contributed by atoms with van der Waals surface area (Å²) in [4.78, 5) is 3.72. The third-order valence-electron chi connectivity index (χ3n) is 1.50. The van der Waals surface area contributed by atoms with Crippen LogP contribution in [0.4, 0.5) is 8.78 Å². The Bertz CT molecular complexity index is 320. The lowest BCUT2D eigenvalue weighted by Crippen LogP contribution is -2.05. The molecule has 1 aromatic rings. The van der Waals surface area contributed by atoms with Gasteiger partial charge >= 0.3 is 0 Å². The van der Waals surface area contributed by atoms with Gasteiger partial charge in [0.25, 0.3) is 6.43 Å². The average Bonchev–Trinajstić information content (AvgIpc) is 2.01. The number of halogens is 4. The smallest absolute Gasteiger partial charge is 0.266 e. The molecule has 0 aliphatic carbocycles. The van der Waals surface area contributed by atoms with Crippen molar-refractivity contribution < 1.29 is 8.78 Å². The van der Waals surface area contributed by atoms with Crippen LogP contribution in [0.25, 0.3) is 0 Å². The second-order valence-electron chi connectivity index (χ2n) is 2.31. The van der Waals surface area contributed by atoms with Crippen LogP contribution in [-0.2, 0) is 6.54 Å². The van der Waals surface area contributed by atoms with E-state index >= 15 is 0 Å². The molecule has 0 saturated carbocycles. The quantitative estimate of drug-likeness (QED) is 0.673. The minimum Gasteiger partial charge on any atom is -0.326 e. The van der Waals surface area contributed by atoms with Crippen LogP contribution < -0.4 is 5.73 Å². The highest BCUT2D eigenvalue weighted by Gasteiger charge is 2.17. The first-order valence-electron chi connectivity index (χ1n) is 3.39. The van der Waals surface area contributed by atoms with Crippen LogP contribution >= 0.6 is 34.2 Å². The van der Waals surface area contributed by atoms with Gasteiger partial charge in [-0.25, -0.2) is 13.8 Å². The highest BCUT2D eigenvalue weighted by atomic mass is 127. The molecule has 0 unspecified atom stereocenters. The highest BCUT2D eigenvalue weighted by Crippen LogP contribution is 2.28. The predicted molar refractivity (Wildman–Crippen MR) is 54.8 cm³/mol. The molecule has 1 heterocycles.